The number of aryl methyl sites for hydroxylation is 1. The van der Waals surface area contributed by atoms with E-state index in [0.717, 1.165) is 15.9 Å². The lowest BCUT2D eigenvalue weighted by atomic mass is 10.1. The van der Waals surface area contributed by atoms with E-state index in [1.807, 2.05) is 25.1 Å². The van der Waals surface area contributed by atoms with Crippen molar-refractivity contribution in [3.05, 3.63) is 34.6 Å². The fraction of sp³-hybridized carbons (Fsp3) is 0.0833. The second-order valence-corrected chi connectivity index (χ2v) is 4.86. The number of imidazole rings is 1. The van der Waals surface area contributed by atoms with Crippen LogP contribution >= 0.6 is 15.9 Å². The summed E-state index contributed by atoms with van der Waals surface area (Å²) in [4.78, 5) is 15.6. The molecular formula is C12H10BrN5. The Balaban J connectivity index is 2.19. The molecule has 1 aromatic carbocycles. The number of nitrogen functional groups attached to an aromatic ring is 1. The van der Waals surface area contributed by atoms with Gasteiger partial charge in [-0.15, -0.1) is 0 Å². The Bertz CT molecular complexity index is 734. The number of fused-ring (bicyclic) bond motifs is 1. The Kier molecular flexibility index (Phi) is 2.52. The predicted molar refractivity (Wildman–Crippen MR) is 74.0 cm³/mol. The van der Waals surface area contributed by atoms with Gasteiger partial charge in [0.2, 0.25) is 0 Å². The summed E-state index contributed by atoms with van der Waals surface area (Å²) in [6.07, 6.45) is 1.41. The Hall–Kier alpha value is -1.95. The fourth-order valence-corrected chi connectivity index (χ4v) is 2.10. The topological polar surface area (TPSA) is 80.5 Å². The minimum Gasteiger partial charge on any atom is -0.382 e. The highest BCUT2D eigenvalue weighted by molar-refractivity contribution is 9.10. The van der Waals surface area contributed by atoms with Gasteiger partial charge in [0.25, 0.3) is 0 Å². The van der Waals surface area contributed by atoms with Gasteiger partial charge in [-0.2, -0.15) is 0 Å². The number of H-pyrrole nitrogens is 1. The molecule has 0 aliphatic rings. The minimum absolute atomic E-state index is 0.407. The van der Waals surface area contributed by atoms with Crippen molar-refractivity contribution in [3.63, 3.8) is 0 Å². The van der Waals surface area contributed by atoms with Gasteiger partial charge in [-0.05, 0) is 18.6 Å². The molecule has 3 rings (SSSR count). The van der Waals surface area contributed by atoms with E-state index < -0.39 is 0 Å². The zero-order chi connectivity index (χ0) is 12.7. The predicted octanol–water partition coefficient (Wildman–Crippen LogP) is 2.67. The van der Waals surface area contributed by atoms with Crippen molar-refractivity contribution in [3.8, 4) is 11.4 Å². The molecule has 90 valence electrons. The van der Waals surface area contributed by atoms with E-state index in [1.165, 1.54) is 11.9 Å². The van der Waals surface area contributed by atoms with Crippen LogP contribution in [0.5, 0.6) is 0 Å². The Morgan fingerprint density at radius 2 is 2.11 bits per heavy atom. The van der Waals surface area contributed by atoms with E-state index in [1.54, 1.807) is 0 Å². The number of hydrogen-bond acceptors (Lipinski definition) is 4. The Morgan fingerprint density at radius 3 is 2.83 bits per heavy atom. The van der Waals surface area contributed by atoms with Crippen molar-refractivity contribution >= 4 is 32.9 Å². The average Bonchev–Trinajstić information content (AvgIpc) is 2.78. The lowest BCUT2D eigenvalue weighted by Crippen LogP contribution is -1.91. The van der Waals surface area contributed by atoms with Crippen molar-refractivity contribution < 1.29 is 0 Å². The average molecular weight is 304 g/mol. The molecule has 18 heavy (non-hydrogen) atoms. The fourth-order valence-electron chi connectivity index (χ4n) is 1.72. The molecule has 2 heterocycles. The molecule has 0 spiro atoms. The molecule has 0 fully saturated rings. The highest BCUT2D eigenvalue weighted by atomic mass is 79.9. The summed E-state index contributed by atoms with van der Waals surface area (Å²) in [5.41, 5.74) is 9.17. The second kappa shape index (κ2) is 4.06. The lowest BCUT2D eigenvalue weighted by molar-refractivity contribution is 1.21. The lowest BCUT2D eigenvalue weighted by Gasteiger charge is -2.00. The van der Waals surface area contributed by atoms with E-state index in [2.05, 4.69) is 35.9 Å². The molecule has 3 aromatic rings. The summed E-state index contributed by atoms with van der Waals surface area (Å²) in [7, 11) is 0. The van der Waals surface area contributed by atoms with E-state index in [9.17, 15) is 0 Å². The molecule has 6 heteroatoms. The van der Waals surface area contributed by atoms with E-state index in [-0.39, 0.29) is 0 Å². The highest BCUT2D eigenvalue weighted by Crippen LogP contribution is 2.25. The third-order valence-electron chi connectivity index (χ3n) is 2.76. The van der Waals surface area contributed by atoms with Crippen LogP contribution in [0.15, 0.2) is 29.0 Å². The largest absolute Gasteiger partial charge is 0.382 e. The molecule has 0 aliphatic heterocycles. The summed E-state index contributed by atoms with van der Waals surface area (Å²) in [5, 5.41) is 0. The zero-order valence-corrected chi connectivity index (χ0v) is 11.2. The molecule has 0 atom stereocenters. The number of halogens is 1. The maximum atomic E-state index is 5.77. The first kappa shape index (κ1) is 11.2. The molecule has 0 bridgehead atoms. The number of aromatic amines is 1. The van der Waals surface area contributed by atoms with Crippen LogP contribution in [0.2, 0.25) is 0 Å². The number of rotatable bonds is 1. The number of hydrogen-bond donors (Lipinski definition) is 2. The van der Waals surface area contributed by atoms with Gasteiger partial charge in [0, 0.05) is 10.0 Å². The molecule has 0 unspecified atom stereocenters. The van der Waals surface area contributed by atoms with Crippen molar-refractivity contribution in [2.75, 3.05) is 5.73 Å². The molecule has 2 aromatic heterocycles. The van der Waals surface area contributed by atoms with Crippen molar-refractivity contribution in [2.24, 2.45) is 0 Å². The third-order valence-corrected chi connectivity index (χ3v) is 3.62. The van der Waals surface area contributed by atoms with Gasteiger partial charge >= 0.3 is 0 Å². The number of anilines is 1. The first-order valence-electron chi connectivity index (χ1n) is 5.38. The van der Waals surface area contributed by atoms with Crippen LogP contribution in [0.4, 0.5) is 5.82 Å². The van der Waals surface area contributed by atoms with E-state index in [4.69, 9.17) is 5.73 Å². The Labute approximate surface area is 112 Å². The van der Waals surface area contributed by atoms with Crippen LogP contribution in [0.25, 0.3) is 22.6 Å². The van der Waals surface area contributed by atoms with Gasteiger partial charge in [-0.1, -0.05) is 28.1 Å². The van der Waals surface area contributed by atoms with Crippen LogP contribution in [0.3, 0.4) is 0 Å². The SMILES string of the molecule is Cc1ccc(-c2nc3ncnc(N)c3[nH]2)cc1Br. The molecule has 0 amide bonds. The maximum absolute atomic E-state index is 5.77. The van der Waals surface area contributed by atoms with Crippen LogP contribution in [0, 0.1) is 6.92 Å². The maximum Gasteiger partial charge on any atom is 0.183 e. The van der Waals surface area contributed by atoms with Crippen LogP contribution in [0.1, 0.15) is 5.56 Å². The normalized spacial score (nSPS) is 11.0. The summed E-state index contributed by atoms with van der Waals surface area (Å²) in [6.45, 7) is 2.04. The van der Waals surface area contributed by atoms with Gasteiger partial charge in [0.05, 0.1) is 0 Å². The summed E-state index contributed by atoms with van der Waals surface area (Å²) < 4.78 is 1.04. The first-order valence-corrected chi connectivity index (χ1v) is 6.17. The second-order valence-electron chi connectivity index (χ2n) is 4.01. The quantitative estimate of drug-likeness (QED) is 0.724. The molecule has 0 aliphatic carbocycles. The summed E-state index contributed by atoms with van der Waals surface area (Å²) in [5.74, 6) is 1.14. The molecule has 0 saturated heterocycles. The van der Waals surface area contributed by atoms with Gasteiger partial charge in [-0.25, -0.2) is 15.0 Å². The Morgan fingerprint density at radius 1 is 1.28 bits per heavy atom. The van der Waals surface area contributed by atoms with E-state index in [0.29, 0.717) is 17.0 Å². The monoisotopic (exact) mass is 303 g/mol. The smallest absolute Gasteiger partial charge is 0.183 e. The highest BCUT2D eigenvalue weighted by Gasteiger charge is 2.09. The number of nitrogens with zero attached hydrogens (tertiary/aromatic N) is 3. The standard InChI is InChI=1S/C12H10BrN5/c1-6-2-3-7(4-8(6)13)11-17-9-10(14)15-5-16-12(9)18-11/h2-5H,1H3,(H3,14,15,16,17,18). The molecule has 0 radical (unpaired) electrons. The third kappa shape index (κ3) is 1.74. The molecular weight excluding hydrogens is 294 g/mol. The molecule has 3 N–H and O–H groups in total. The number of aromatic nitrogens is 4. The van der Waals surface area contributed by atoms with Crippen molar-refractivity contribution in [1.29, 1.82) is 0 Å². The van der Waals surface area contributed by atoms with Gasteiger partial charge in [-0.3, -0.25) is 0 Å². The first-order chi connectivity index (χ1) is 8.65. The van der Waals surface area contributed by atoms with Crippen LogP contribution < -0.4 is 5.73 Å². The van der Waals surface area contributed by atoms with Crippen molar-refractivity contribution in [2.45, 2.75) is 6.92 Å². The van der Waals surface area contributed by atoms with Gasteiger partial charge < -0.3 is 10.7 Å². The number of nitrogens with two attached hydrogens (primary N) is 1. The van der Waals surface area contributed by atoms with E-state index >= 15 is 0 Å². The number of nitrogens with one attached hydrogen (secondary N) is 1. The van der Waals surface area contributed by atoms with Gasteiger partial charge in [0.15, 0.2) is 11.5 Å². The summed E-state index contributed by atoms with van der Waals surface area (Å²) >= 11 is 3.51. The zero-order valence-electron chi connectivity index (χ0n) is 9.61. The molecule has 0 saturated carbocycles. The van der Waals surface area contributed by atoms with Crippen molar-refractivity contribution in [1.82, 2.24) is 19.9 Å². The van der Waals surface area contributed by atoms with Gasteiger partial charge in [0.1, 0.15) is 17.7 Å². The minimum atomic E-state index is 0.407. The molecule has 5 nitrogen and oxygen atoms in total. The summed E-state index contributed by atoms with van der Waals surface area (Å²) in [6, 6.07) is 6.04. The number of benzene rings is 1. The van der Waals surface area contributed by atoms with Crippen LogP contribution in [-0.2, 0) is 0 Å². The van der Waals surface area contributed by atoms with Crippen LogP contribution in [-0.4, -0.2) is 19.9 Å².